The summed E-state index contributed by atoms with van der Waals surface area (Å²) in [6.45, 7) is 3.45. The standard InChI is InChI=1S/C21H23ClN2O4S/c1-14-3-5-16(6-4-14)24-20(26)13-29-12-19(25)23-11-15-9-17(22)21-18(10-15)27-7-2-8-28-21/h3-6,9-10H,2,7-8,11-13H2,1H3,(H,23,25)(H,24,26). The number of thioether (sulfide) groups is 1. The molecule has 3 rings (SSSR count). The van der Waals surface area contributed by atoms with Crippen LogP contribution in [0.4, 0.5) is 5.69 Å². The van der Waals surface area contributed by atoms with Gasteiger partial charge in [0.25, 0.3) is 0 Å². The van der Waals surface area contributed by atoms with E-state index < -0.39 is 0 Å². The summed E-state index contributed by atoms with van der Waals surface area (Å²) >= 11 is 7.52. The maximum Gasteiger partial charge on any atom is 0.234 e. The van der Waals surface area contributed by atoms with E-state index in [0.29, 0.717) is 36.3 Å². The van der Waals surface area contributed by atoms with Crippen molar-refractivity contribution in [3.05, 3.63) is 52.5 Å². The molecule has 29 heavy (non-hydrogen) atoms. The van der Waals surface area contributed by atoms with Gasteiger partial charge in [-0.3, -0.25) is 9.59 Å². The van der Waals surface area contributed by atoms with Crippen molar-refractivity contribution >= 4 is 40.9 Å². The third-order valence-electron chi connectivity index (χ3n) is 4.15. The van der Waals surface area contributed by atoms with E-state index in [9.17, 15) is 9.59 Å². The zero-order chi connectivity index (χ0) is 20.6. The molecule has 0 aliphatic carbocycles. The molecule has 154 valence electrons. The second kappa shape index (κ2) is 10.4. The highest BCUT2D eigenvalue weighted by Crippen LogP contribution is 2.37. The van der Waals surface area contributed by atoms with Crippen molar-refractivity contribution in [1.29, 1.82) is 0 Å². The second-order valence-electron chi connectivity index (χ2n) is 6.64. The summed E-state index contributed by atoms with van der Waals surface area (Å²) in [6.07, 6.45) is 0.797. The molecule has 1 heterocycles. The molecule has 0 atom stereocenters. The number of fused-ring (bicyclic) bond motifs is 1. The molecule has 2 aromatic carbocycles. The molecule has 2 amide bonds. The molecule has 8 heteroatoms. The summed E-state index contributed by atoms with van der Waals surface area (Å²) in [5.74, 6) is 1.26. The SMILES string of the molecule is Cc1ccc(NC(=O)CSCC(=O)NCc2cc(Cl)c3c(c2)OCCCO3)cc1. The summed E-state index contributed by atoms with van der Waals surface area (Å²) < 4.78 is 11.3. The van der Waals surface area contributed by atoms with E-state index in [1.54, 1.807) is 6.07 Å². The van der Waals surface area contributed by atoms with Gasteiger partial charge in [0.05, 0.1) is 29.7 Å². The highest BCUT2D eigenvalue weighted by molar-refractivity contribution is 8.00. The van der Waals surface area contributed by atoms with Crippen LogP contribution in [-0.4, -0.2) is 36.5 Å². The predicted octanol–water partition coefficient (Wildman–Crippen LogP) is 3.80. The fraction of sp³-hybridized carbons (Fsp3) is 0.333. The third kappa shape index (κ3) is 6.58. The molecular weight excluding hydrogens is 412 g/mol. The average molecular weight is 435 g/mol. The molecule has 1 aliphatic rings. The molecule has 0 spiro atoms. The Bertz CT molecular complexity index is 874. The van der Waals surface area contributed by atoms with Crippen molar-refractivity contribution < 1.29 is 19.1 Å². The first-order valence-corrected chi connectivity index (χ1v) is 10.8. The Labute approximate surface area is 179 Å². The number of anilines is 1. The van der Waals surface area contributed by atoms with Crippen LogP contribution in [-0.2, 0) is 16.1 Å². The number of rotatable bonds is 7. The predicted molar refractivity (Wildman–Crippen MR) is 116 cm³/mol. The van der Waals surface area contributed by atoms with Crippen molar-refractivity contribution in [2.45, 2.75) is 19.9 Å². The van der Waals surface area contributed by atoms with Gasteiger partial charge in [0, 0.05) is 18.7 Å². The van der Waals surface area contributed by atoms with Crippen molar-refractivity contribution in [1.82, 2.24) is 5.32 Å². The number of nitrogens with one attached hydrogen (secondary N) is 2. The summed E-state index contributed by atoms with van der Waals surface area (Å²) in [4.78, 5) is 24.0. The largest absolute Gasteiger partial charge is 0.489 e. The van der Waals surface area contributed by atoms with Crippen LogP contribution in [0.2, 0.25) is 5.02 Å². The fourth-order valence-corrected chi connectivity index (χ4v) is 3.64. The lowest BCUT2D eigenvalue weighted by Crippen LogP contribution is -2.25. The zero-order valence-corrected chi connectivity index (χ0v) is 17.7. The van der Waals surface area contributed by atoms with Gasteiger partial charge in [0.2, 0.25) is 11.8 Å². The first-order chi connectivity index (χ1) is 14.0. The summed E-state index contributed by atoms with van der Waals surface area (Å²) in [5, 5.41) is 6.11. The highest BCUT2D eigenvalue weighted by Gasteiger charge is 2.16. The second-order valence-corrected chi connectivity index (χ2v) is 8.03. The van der Waals surface area contributed by atoms with Gasteiger partial charge in [-0.25, -0.2) is 0 Å². The lowest BCUT2D eigenvalue weighted by molar-refractivity contribution is -0.118. The van der Waals surface area contributed by atoms with Gasteiger partial charge < -0.3 is 20.1 Å². The van der Waals surface area contributed by atoms with Crippen LogP contribution in [0.5, 0.6) is 11.5 Å². The fourth-order valence-electron chi connectivity index (χ4n) is 2.71. The number of benzene rings is 2. The molecule has 1 aliphatic heterocycles. The monoisotopic (exact) mass is 434 g/mol. The minimum atomic E-state index is -0.152. The van der Waals surface area contributed by atoms with Crippen LogP contribution < -0.4 is 20.1 Å². The quantitative estimate of drug-likeness (QED) is 0.693. The van der Waals surface area contributed by atoms with Gasteiger partial charge >= 0.3 is 0 Å². The van der Waals surface area contributed by atoms with Crippen LogP contribution in [0.15, 0.2) is 36.4 Å². The maximum absolute atomic E-state index is 12.1. The summed E-state index contributed by atoms with van der Waals surface area (Å²) in [5.41, 5.74) is 2.70. The van der Waals surface area contributed by atoms with Crippen LogP contribution in [0, 0.1) is 6.92 Å². The van der Waals surface area contributed by atoms with Crippen LogP contribution in [0.25, 0.3) is 0 Å². The number of aryl methyl sites for hydroxylation is 1. The van der Waals surface area contributed by atoms with Gasteiger partial charge in [0.15, 0.2) is 11.5 Å². The summed E-state index contributed by atoms with van der Waals surface area (Å²) in [6, 6.07) is 11.2. The number of ether oxygens (including phenoxy) is 2. The molecule has 0 fully saturated rings. The summed E-state index contributed by atoms with van der Waals surface area (Å²) in [7, 11) is 0. The zero-order valence-electron chi connectivity index (χ0n) is 16.1. The lowest BCUT2D eigenvalue weighted by Gasteiger charge is -2.12. The number of amides is 2. The van der Waals surface area contributed by atoms with Gasteiger partial charge in [-0.05, 0) is 36.8 Å². The van der Waals surface area contributed by atoms with Crippen LogP contribution in [0.3, 0.4) is 0 Å². The van der Waals surface area contributed by atoms with Gasteiger partial charge in [-0.15, -0.1) is 11.8 Å². The third-order valence-corrected chi connectivity index (χ3v) is 5.37. The van der Waals surface area contributed by atoms with Crippen molar-refractivity contribution in [2.75, 3.05) is 30.0 Å². The Balaban J connectivity index is 1.41. The van der Waals surface area contributed by atoms with Crippen LogP contribution >= 0.6 is 23.4 Å². The van der Waals surface area contributed by atoms with E-state index in [1.807, 2.05) is 37.3 Å². The van der Waals surface area contributed by atoms with Gasteiger partial charge in [0.1, 0.15) is 0 Å². The number of carbonyl (C=O) groups excluding carboxylic acids is 2. The molecule has 0 saturated carbocycles. The van der Waals surface area contributed by atoms with Gasteiger partial charge in [-0.2, -0.15) is 0 Å². The molecule has 2 aromatic rings. The highest BCUT2D eigenvalue weighted by atomic mass is 35.5. The van der Waals surface area contributed by atoms with E-state index in [4.69, 9.17) is 21.1 Å². The first-order valence-electron chi connectivity index (χ1n) is 9.30. The molecule has 6 nitrogen and oxygen atoms in total. The molecule has 0 aromatic heterocycles. The Kier molecular flexibility index (Phi) is 7.66. The van der Waals surface area contributed by atoms with E-state index in [-0.39, 0.29) is 23.3 Å². The average Bonchev–Trinajstić information content (AvgIpc) is 2.94. The van der Waals surface area contributed by atoms with E-state index in [0.717, 1.165) is 23.2 Å². The number of hydrogen-bond acceptors (Lipinski definition) is 5. The van der Waals surface area contributed by atoms with E-state index in [1.165, 1.54) is 11.8 Å². The molecule has 0 unspecified atom stereocenters. The molecule has 0 radical (unpaired) electrons. The Hall–Kier alpha value is -2.38. The Morgan fingerprint density at radius 2 is 1.79 bits per heavy atom. The van der Waals surface area contributed by atoms with Crippen molar-refractivity contribution in [3.63, 3.8) is 0 Å². The molecule has 0 saturated heterocycles. The van der Waals surface area contributed by atoms with E-state index >= 15 is 0 Å². The topological polar surface area (TPSA) is 76.7 Å². The molecule has 2 N–H and O–H groups in total. The van der Waals surface area contributed by atoms with Crippen LogP contribution in [0.1, 0.15) is 17.5 Å². The first kappa shape index (κ1) is 21.3. The Morgan fingerprint density at radius 3 is 2.59 bits per heavy atom. The minimum Gasteiger partial charge on any atom is -0.489 e. The molecule has 0 bridgehead atoms. The number of hydrogen-bond donors (Lipinski definition) is 2. The van der Waals surface area contributed by atoms with Crippen molar-refractivity contribution in [2.24, 2.45) is 0 Å². The van der Waals surface area contributed by atoms with Gasteiger partial charge in [-0.1, -0.05) is 29.3 Å². The van der Waals surface area contributed by atoms with Crippen molar-refractivity contribution in [3.8, 4) is 11.5 Å². The molecular formula is C21H23ClN2O4S. The Morgan fingerprint density at radius 1 is 1.07 bits per heavy atom. The number of halogens is 1. The number of carbonyl (C=O) groups is 2. The van der Waals surface area contributed by atoms with E-state index in [2.05, 4.69) is 10.6 Å². The maximum atomic E-state index is 12.1. The lowest BCUT2D eigenvalue weighted by atomic mass is 10.2. The smallest absolute Gasteiger partial charge is 0.234 e. The normalized spacial score (nSPS) is 12.8. The minimum absolute atomic E-state index is 0.138.